The summed E-state index contributed by atoms with van der Waals surface area (Å²) in [5.41, 5.74) is 1.44. The summed E-state index contributed by atoms with van der Waals surface area (Å²) in [6.45, 7) is 0.508. The number of fused-ring (bicyclic) bond motifs is 1. The lowest BCUT2D eigenvalue weighted by molar-refractivity contribution is -0.186. The van der Waals surface area contributed by atoms with Crippen molar-refractivity contribution in [1.29, 1.82) is 0 Å². The molecule has 0 atom stereocenters. The molecule has 20 heavy (non-hydrogen) atoms. The predicted molar refractivity (Wildman–Crippen MR) is 70.7 cm³/mol. The number of rotatable bonds is 4. The highest BCUT2D eigenvalue weighted by Gasteiger charge is 2.43. The van der Waals surface area contributed by atoms with Gasteiger partial charge in [0.05, 0.1) is 6.61 Å². The Labute approximate surface area is 122 Å². The minimum atomic E-state index is -4.82. The summed E-state index contributed by atoms with van der Waals surface area (Å²) >= 11 is 3.28. The molecule has 0 bridgehead atoms. The second-order valence-electron chi connectivity index (χ2n) is 4.48. The number of hydrogen-bond donors (Lipinski definition) is 0. The Morgan fingerprint density at radius 3 is 2.65 bits per heavy atom. The van der Waals surface area contributed by atoms with Crippen LogP contribution in [0.2, 0.25) is 0 Å². The average Bonchev–Trinajstić information content (AvgIpc) is 2.80. The van der Waals surface area contributed by atoms with Gasteiger partial charge in [0.1, 0.15) is 5.75 Å². The van der Waals surface area contributed by atoms with Gasteiger partial charge in [0.25, 0.3) is 0 Å². The Morgan fingerprint density at radius 2 is 2.00 bits per heavy atom. The van der Waals surface area contributed by atoms with Crippen molar-refractivity contribution in [2.75, 3.05) is 11.9 Å². The van der Waals surface area contributed by atoms with Gasteiger partial charge in [-0.2, -0.15) is 13.2 Å². The van der Waals surface area contributed by atoms with Crippen LogP contribution in [0.1, 0.15) is 17.5 Å². The first-order valence-corrected chi connectivity index (χ1v) is 7.20. The molecular formula is C13H13BrF3NO2. The molecule has 0 aliphatic carbocycles. The molecule has 0 saturated carbocycles. The minimum absolute atomic E-state index is 0.00461. The summed E-state index contributed by atoms with van der Waals surface area (Å²) in [6.07, 6.45) is -3.98. The molecule has 7 heteroatoms. The van der Waals surface area contributed by atoms with Crippen molar-refractivity contribution in [2.24, 2.45) is 0 Å². The largest absolute Gasteiger partial charge is 0.494 e. The summed E-state index contributed by atoms with van der Waals surface area (Å²) in [6, 6.07) is 5.13. The fourth-order valence-electron chi connectivity index (χ4n) is 2.03. The molecule has 3 nitrogen and oxygen atoms in total. The zero-order valence-corrected chi connectivity index (χ0v) is 12.1. The average molecular weight is 352 g/mol. The Morgan fingerprint density at radius 1 is 1.30 bits per heavy atom. The van der Waals surface area contributed by atoms with Gasteiger partial charge in [0.15, 0.2) is 0 Å². The first kappa shape index (κ1) is 15.2. The molecule has 110 valence electrons. The maximum Gasteiger partial charge on any atom is 0.471 e. The van der Waals surface area contributed by atoms with E-state index in [0.717, 1.165) is 22.2 Å². The highest BCUT2D eigenvalue weighted by Crippen LogP contribution is 2.30. The smallest absolute Gasteiger partial charge is 0.471 e. The van der Waals surface area contributed by atoms with Gasteiger partial charge in [-0.15, -0.1) is 0 Å². The Hall–Kier alpha value is -1.24. The third-order valence-electron chi connectivity index (χ3n) is 2.98. The first-order chi connectivity index (χ1) is 9.41. The predicted octanol–water partition coefficient (Wildman–Crippen LogP) is 3.25. The van der Waals surface area contributed by atoms with Gasteiger partial charge in [0.2, 0.25) is 0 Å². The number of ether oxygens (including phenoxy) is 1. The molecule has 0 radical (unpaired) electrons. The van der Waals surface area contributed by atoms with Crippen LogP contribution in [0.25, 0.3) is 0 Å². The molecule has 1 amide bonds. The third-order valence-corrected chi connectivity index (χ3v) is 3.54. The number of carbonyl (C=O) groups is 1. The quantitative estimate of drug-likeness (QED) is 0.615. The van der Waals surface area contributed by atoms with Gasteiger partial charge in [0, 0.05) is 18.4 Å². The summed E-state index contributed by atoms with van der Waals surface area (Å²) in [4.78, 5) is 12.0. The van der Waals surface area contributed by atoms with Crippen LogP contribution in [0.15, 0.2) is 18.2 Å². The monoisotopic (exact) mass is 351 g/mol. The van der Waals surface area contributed by atoms with E-state index < -0.39 is 12.1 Å². The van der Waals surface area contributed by atoms with Gasteiger partial charge in [-0.05, 0) is 29.7 Å². The van der Waals surface area contributed by atoms with E-state index in [-0.39, 0.29) is 13.1 Å². The zero-order chi connectivity index (χ0) is 14.8. The number of nitrogens with zero attached hydrogens (tertiary/aromatic N) is 1. The van der Waals surface area contributed by atoms with Crippen LogP contribution in [-0.4, -0.2) is 28.9 Å². The molecule has 1 aromatic carbocycles. The fourth-order valence-corrected chi connectivity index (χ4v) is 2.26. The number of hydrogen-bond acceptors (Lipinski definition) is 2. The van der Waals surface area contributed by atoms with E-state index in [1.807, 2.05) is 0 Å². The number of carbonyl (C=O) groups excluding carboxylic acids is 1. The van der Waals surface area contributed by atoms with Crippen LogP contribution >= 0.6 is 15.9 Å². The van der Waals surface area contributed by atoms with E-state index in [1.165, 1.54) is 0 Å². The lowest BCUT2D eigenvalue weighted by Gasteiger charge is -2.16. The van der Waals surface area contributed by atoms with E-state index in [1.54, 1.807) is 18.2 Å². The zero-order valence-electron chi connectivity index (χ0n) is 10.5. The third kappa shape index (κ3) is 3.45. The van der Waals surface area contributed by atoms with E-state index in [2.05, 4.69) is 15.9 Å². The molecule has 0 N–H and O–H groups in total. The maximum absolute atomic E-state index is 12.4. The second kappa shape index (κ2) is 6.03. The molecule has 0 fully saturated rings. The minimum Gasteiger partial charge on any atom is -0.494 e. The highest BCUT2D eigenvalue weighted by atomic mass is 79.9. The van der Waals surface area contributed by atoms with Gasteiger partial charge < -0.3 is 9.64 Å². The topological polar surface area (TPSA) is 29.5 Å². The second-order valence-corrected chi connectivity index (χ2v) is 5.27. The van der Waals surface area contributed by atoms with Crippen LogP contribution in [-0.2, 0) is 17.9 Å². The molecule has 1 aliphatic heterocycles. The molecule has 0 aromatic heterocycles. The van der Waals surface area contributed by atoms with Gasteiger partial charge in [-0.3, -0.25) is 4.79 Å². The van der Waals surface area contributed by atoms with E-state index in [0.29, 0.717) is 17.9 Å². The first-order valence-electron chi connectivity index (χ1n) is 6.08. The lowest BCUT2D eigenvalue weighted by Crippen LogP contribution is -2.37. The van der Waals surface area contributed by atoms with Crippen LogP contribution < -0.4 is 4.74 Å². The molecule has 2 rings (SSSR count). The van der Waals surface area contributed by atoms with Crippen molar-refractivity contribution in [1.82, 2.24) is 4.90 Å². The van der Waals surface area contributed by atoms with Crippen molar-refractivity contribution >= 4 is 21.8 Å². The van der Waals surface area contributed by atoms with Gasteiger partial charge in [-0.1, -0.05) is 22.0 Å². The van der Waals surface area contributed by atoms with Gasteiger partial charge in [-0.25, -0.2) is 0 Å². The van der Waals surface area contributed by atoms with E-state index in [9.17, 15) is 18.0 Å². The molecule has 1 heterocycles. The van der Waals surface area contributed by atoms with Crippen LogP contribution in [0.5, 0.6) is 5.75 Å². The molecule has 0 unspecified atom stereocenters. The number of alkyl halides is 4. The fraction of sp³-hybridized carbons (Fsp3) is 0.462. The number of halogens is 4. The van der Waals surface area contributed by atoms with Crippen molar-refractivity contribution in [3.05, 3.63) is 29.3 Å². The SMILES string of the molecule is O=C(N1Cc2ccc(OCCCBr)cc2C1)C(F)(F)F. The molecule has 1 aromatic rings. The van der Waals surface area contributed by atoms with E-state index in [4.69, 9.17) is 4.74 Å². The van der Waals surface area contributed by atoms with Crippen LogP contribution in [0.4, 0.5) is 13.2 Å². The summed E-state index contributed by atoms with van der Waals surface area (Å²) < 4.78 is 42.6. The highest BCUT2D eigenvalue weighted by molar-refractivity contribution is 9.09. The van der Waals surface area contributed by atoms with Crippen molar-refractivity contribution < 1.29 is 22.7 Å². The summed E-state index contributed by atoms with van der Waals surface area (Å²) in [5, 5.41) is 0.825. The Kier molecular flexibility index (Phi) is 4.57. The Balaban J connectivity index is 2.04. The van der Waals surface area contributed by atoms with E-state index >= 15 is 0 Å². The van der Waals surface area contributed by atoms with Crippen LogP contribution in [0.3, 0.4) is 0 Å². The maximum atomic E-state index is 12.4. The number of amides is 1. The Bertz CT molecular complexity index is 505. The van der Waals surface area contributed by atoms with Crippen molar-refractivity contribution in [3.8, 4) is 5.75 Å². The molecule has 0 saturated heterocycles. The van der Waals surface area contributed by atoms with Crippen molar-refractivity contribution in [2.45, 2.75) is 25.7 Å². The molecule has 0 spiro atoms. The molecular weight excluding hydrogens is 339 g/mol. The van der Waals surface area contributed by atoms with Crippen molar-refractivity contribution in [3.63, 3.8) is 0 Å². The standard InChI is InChI=1S/C13H13BrF3NO2/c14-4-1-5-20-11-3-2-9-7-18(8-10(9)6-11)12(19)13(15,16)17/h2-3,6H,1,4-5,7-8H2. The normalized spacial score (nSPS) is 14.3. The van der Waals surface area contributed by atoms with Gasteiger partial charge >= 0.3 is 12.1 Å². The number of benzene rings is 1. The summed E-state index contributed by atoms with van der Waals surface area (Å²) in [7, 11) is 0. The molecule has 1 aliphatic rings. The lowest BCUT2D eigenvalue weighted by atomic mass is 10.1. The van der Waals surface area contributed by atoms with Crippen LogP contribution in [0, 0.1) is 0 Å². The summed E-state index contributed by atoms with van der Waals surface area (Å²) in [5.74, 6) is -1.18.